The first kappa shape index (κ1) is 15.0. The van der Waals surface area contributed by atoms with Gasteiger partial charge in [0, 0.05) is 11.1 Å². The van der Waals surface area contributed by atoms with E-state index in [1.54, 1.807) is 38.2 Å². The molecule has 5 nitrogen and oxygen atoms in total. The third-order valence-electron chi connectivity index (χ3n) is 2.85. The fraction of sp³-hybridized carbons (Fsp3) is 0.308. The number of nitrogen functional groups attached to an aromatic ring is 1. The third kappa shape index (κ3) is 3.00. The van der Waals surface area contributed by atoms with Gasteiger partial charge in [-0.05, 0) is 32.4 Å². The number of hydrogen-bond acceptors (Lipinski definition) is 5. The molecular formula is C13H17N3O2S2. The van der Waals surface area contributed by atoms with Crippen molar-refractivity contribution >= 4 is 27.0 Å². The van der Waals surface area contributed by atoms with E-state index < -0.39 is 16.1 Å². The van der Waals surface area contributed by atoms with Crippen molar-refractivity contribution in [2.45, 2.75) is 31.7 Å². The highest BCUT2D eigenvalue weighted by Gasteiger charge is 2.23. The number of nitrogens with zero attached hydrogens (tertiary/aromatic N) is 1. The van der Waals surface area contributed by atoms with E-state index in [0.29, 0.717) is 5.56 Å². The topological polar surface area (TPSA) is 85.1 Å². The number of sulfonamides is 1. The standard InChI is InChI=1S/C13H17N3O2S2/c1-8-5-4-6-11(14)12(8)20(17,18)16-10(3)13-15-7-9(2)19-13/h4-7,10,16H,14H2,1-3H3. The Morgan fingerprint density at radius 2 is 2.05 bits per heavy atom. The highest BCUT2D eigenvalue weighted by molar-refractivity contribution is 7.89. The van der Waals surface area contributed by atoms with E-state index in [9.17, 15) is 8.42 Å². The van der Waals surface area contributed by atoms with Crippen molar-refractivity contribution in [3.63, 3.8) is 0 Å². The maximum atomic E-state index is 12.5. The zero-order valence-corrected chi connectivity index (χ0v) is 13.2. The SMILES string of the molecule is Cc1cnc(C(C)NS(=O)(=O)c2c(C)cccc2N)s1. The Bertz CT molecular complexity index is 703. The van der Waals surface area contributed by atoms with Gasteiger partial charge in [-0.15, -0.1) is 11.3 Å². The fourth-order valence-electron chi connectivity index (χ4n) is 1.96. The van der Waals surface area contributed by atoms with Crippen LogP contribution < -0.4 is 10.5 Å². The van der Waals surface area contributed by atoms with Crippen LogP contribution in [0.15, 0.2) is 29.3 Å². The van der Waals surface area contributed by atoms with E-state index in [-0.39, 0.29) is 10.6 Å². The first-order valence-corrected chi connectivity index (χ1v) is 8.41. The highest BCUT2D eigenvalue weighted by Crippen LogP contribution is 2.25. The summed E-state index contributed by atoms with van der Waals surface area (Å²) in [4.78, 5) is 5.38. The summed E-state index contributed by atoms with van der Waals surface area (Å²) in [6.45, 7) is 5.43. The van der Waals surface area contributed by atoms with Crippen molar-refractivity contribution < 1.29 is 8.42 Å². The lowest BCUT2D eigenvalue weighted by Gasteiger charge is -2.15. The number of benzene rings is 1. The van der Waals surface area contributed by atoms with E-state index in [1.807, 2.05) is 6.92 Å². The van der Waals surface area contributed by atoms with Gasteiger partial charge in [0.15, 0.2) is 0 Å². The lowest BCUT2D eigenvalue weighted by molar-refractivity contribution is 0.566. The Morgan fingerprint density at radius 3 is 2.60 bits per heavy atom. The summed E-state index contributed by atoms with van der Waals surface area (Å²) in [5, 5.41) is 0.734. The lowest BCUT2D eigenvalue weighted by atomic mass is 10.2. The third-order valence-corrected chi connectivity index (χ3v) is 5.71. The number of nitrogens with one attached hydrogen (secondary N) is 1. The number of aromatic nitrogens is 1. The molecule has 0 aliphatic heterocycles. The highest BCUT2D eigenvalue weighted by atomic mass is 32.2. The molecule has 0 saturated carbocycles. The van der Waals surface area contributed by atoms with E-state index in [2.05, 4.69) is 9.71 Å². The zero-order valence-electron chi connectivity index (χ0n) is 11.5. The fourth-order valence-corrected chi connectivity index (χ4v) is 4.37. The first-order valence-electron chi connectivity index (χ1n) is 6.11. The van der Waals surface area contributed by atoms with Crippen LogP contribution in [0, 0.1) is 13.8 Å². The molecule has 0 radical (unpaired) electrons. The normalized spacial score (nSPS) is 13.3. The average molecular weight is 311 g/mol. The monoisotopic (exact) mass is 311 g/mol. The van der Waals surface area contributed by atoms with Crippen LogP contribution in [-0.2, 0) is 10.0 Å². The summed E-state index contributed by atoms with van der Waals surface area (Å²) in [5.74, 6) is 0. The number of hydrogen-bond donors (Lipinski definition) is 2. The minimum Gasteiger partial charge on any atom is -0.398 e. The molecule has 20 heavy (non-hydrogen) atoms. The van der Waals surface area contributed by atoms with Crippen LogP contribution in [0.2, 0.25) is 0 Å². The molecule has 0 fully saturated rings. The van der Waals surface area contributed by atoms with E-state index in [0.717, 1.165) is 9.88 Å². The summed E-state index contributed by atoms with van der Waals surface area (Å²) in [5.41, 5.74) is 6.67. The van der Waals surface area contributed by atoms with Crippen LogP contribution in [0.4, 0.5) is 5.69 Å². The summed E-state index contributed by atoms with van der Waals surface area (Å²) in [6.07, 6.45) is 1.73. The van der Waals surface area contributed by atoms with Gasteiger partial charge in [-0.1, -0.05) is 12.1 Å². The molecule has 108 valence electrons. The quantitative estimate of drug-likeness (QED) is 0.849. The molecule has 0 aliphatic carbocycles. The minimum absolute atomic E-state index is 0.139. The second-order valence-corrected chi connectivity index (χ2v) is 7.56. The van der Waals surface area contributed by atoms with Crippen molar-refractivity contribution in [2.24, 2.45) is 0 Å². The Kier molecular flexibility index (Phi) is 4.12. The molecule has 1 unspecified atom stereocenters. The predicted octanol–water partition coefficient (Wildman–Crippen LogP) is 2.38. The maximum Gasteiger partial charge on any atom is 0.243 e. The summed E-state index contributed by atoms with van der Waals surface area (Å²) in [7, 11) is -3.67. The molecule has 2 rings (SSSR count). The average Bonchev–Trinajstić information content (AvgIpc) is 2.74. The summed E-state index contributed by atoms with van der Waals surface area (Å²) < 4.78 is 27.5. The maximum absolute atomic E-state index is 12.5. The Labute approximate surface area is 122 Å². The molecule has 0 bridgehead atoms. The molecule has 3 N–H and O–H groups in total. The molecule has 0 aliphatic rings. The molecule has 0 spiro atoms. The van der Waals surface area contributed by atoms with Crippen LogP contribution >= 0.6 is 11.3 Å². The van der Waals surface area contributed by atoms with Crippen molar-refractivity contribution in [2.75, 3.05) is 5.73 Å². The van der Waals surface area contributed by atoms with E-state index >= 15 is 0 Å². The summed E-state index contributed by atoms with van der Waals surface area (Å²) >= 11 is 1.47. The Balaban J connectivity index is 2.32. The smallest absolute Gasteiger partial charge is 0.243 e. The number of thiazole rings is 1. The van der Waals surface area contributed by atoms with Crippen molar-refractivity contribution in [3.8, 4) is 0 Å². The van der Waals surface area contributed by atoms with E-state index in [4.69, 9.17) is 5.73 Å². The van der Waals surface area contributed by atoms with Crippen LogP contribution in [0.5, 0.6) is 0 Å². The van der Waals surface area contributed by atoms with Crippen LogP contribution in [0.25, 0.3) is 0 Å². The Hall–Kier alpha value is -1.44. The summed E-state index contributed by atoms with van der Waals surface area (Å²) in [6, 6.07) is 4.65. The minimum atomic E-state index is -3.67. The molecule has 1 aromatic carbocycles. The van der Waals surface area contributed by atoms with Crippen molar-refractivity contribution in [1.82, 2.24) is 9.71 Å². The molecule has 1 heterocycles. The molecule has 7 heteroatoms. The molecule has 0 saturated heterocycles. The number of nitrogens with two attached hydrogens (primary N) is 1. The van der Waals surface area contributed by atoms with Gasteiger partial charge in [-0.3, -0.25) is 0 Å². The van der Waals surface area contributed by atoms with Crippen LogP contribution in [0.3, 0.4) is 0 Å². The lowest BCUT2D eigenvalue weighted by Crippen LogP contribution is -2.28. The number of anilines is 1. The van der Waals surface area contributed by atoms with Gasteiger partial charge in [0.25, 0.3) is 0 Å². The zero-order chi connectivity index (χ0) is 14.9. The second-order valence-electron chi connectivity index (χ2n) is 4.65. The van der Waals surface area contributed by atoms with Gasteiger partial charge in [0.05, 0.1) is 11.7 Å². The van der Waals surface area contributed by atoms with Gasteiger partial charge < -0.3 is 5.73 Å². The molecule has 1 aromatic heterocycles. The van der Waals surface area contributed by atoms with Gasteiger partial charge in [-0.2, -0.15) is 0 Å². The Morgan fingerprint density at radius 1 is 1.35 bits per heavy atom. The van der Waals surface area contributed by atoms with Gasteiger partial charge in [0.2, 0.25) is 10.0 Å². The van der Waals surface area contributed by atoms with Crippen LogP contribution in [0.1, 0.15) is 28.4 Å². The molecule has 2 aromatic rings. The van der Waals surface area contributed by atoms with E-state index in [1.165, 1.54) is 11.3 Å². The number of rotatable bonds is 4. The number of aryl methyl sites for hydroxylation is 2. The molecular weight excluding hydrogens is 294 g/mol. The molecule has 0 amide bonds. The van der Waals surface area contributed by atoms with Crippen molar-refractivity contribution in [1.29, 1.82) is 0 Å². The molecule has 1 atom stereocenters. The van der Waals surface area contributed by atoms with Gasteiger partial charge >= 0.3 is 0 Å². The van der Waals surface area contributed by atoms with Gasteiger partial charge in [0.1, 0.15) is 9.90 Å². The van der Waals surface area contributed by atoms with Crippen LogP contribution in [-0.4, -0.2) is 13.4 Å². The first-order chi connectivity index (χ1) is 9.31. The van der Waals surface area contributed by atoms with Crippen molar-refractivity contribution in [3.05, 3.63) is 39.8 Å². The predicted molar refractivity (Wildman–Crippen MR) is 81.2 cm³/mol. The van der Waals surface area contributed by atoms with Gasteiger partial charge in [-0.25, -0.2) is 18.1 Å². The largest absolute Gasteiger partial charge is 0.398 e. The second kappa shape index (κ2) is 5.51.